The van der Waals surface area contributed by atoms with E-state index in [-0.39, 0.29) is 6.03 Å². The van der Waals surface area contributed by atoms with Crippen LogP contribution in [0.25, 0.3) is 0 Å². The molecule has 4 heteroatoms. The standard InChI is InChI=1S/C13H21N3O/c1-3-9-16-12(17)15-11(14)13(16,2)10-7-5-4-6-8-10/h3,10H,1,4-9H2,2H3,(H2,14,15,17). The van der Waals surface area contributed by atoms with Crippen molar-refractivity contribution < 1.29 is 4.79 Å². The summed E-state index contributed by atoms with van der Waals surface area (Å²) in [7, 11) is 0. The van der Waals surface area contributed by atoms with E-state index in [0.717, 1.165) is 12.8 Å². The Morgan fingerprint density at radius 1 is 1.53 bits per heavy atom. The number of nitrogens with two attached hydrogens (primary N) is 1. The van der Waals surface area contributed by atoms with E-state index in [1.807, 2.05) is 0 Å². The lowest BCUT2D eigenvalue weighted by Gasteiger charge is -2.42. The lowest BCUT2D eigenvalue weighted by Crippen LogP contribution is -2.57. The van der Waals surface area contributed by atoms with Crippen molar-refractivity contribution in [1.29, 1.82) is 0 Å². The van der Waals surface area contributed by atoms with Crippen LogP contribution in [0.4, 0.5) is 4.79 Å². The number of aliphatic imine (C=N–C) groups is 1. The van der Waals surface area contributed by atoms with Gasteiger partial charge in [-0.2, -0.15) is 4.99 Å². The lowest BCUT2D eigenvalue weighted by atomic mass is 9.74. The number of carbonyl (C=O) groups excluding carboxylic acids is 1. The van der Waals surface area contributed by atoms with Crippen LogP contribution in [0.15, 0.2) is 17.6 Å². The minimum atomic E-state index is -0.397. The second-order valence-corrected chi connectivity index (χ2v) is 5.16. The number of hydrogen-bond donors (Lipinski definition) is 1. The van der Waals surface area contributed by atoms with E-state index in [1.54, 1.807) is 11.0 Å². The first kappa shape index (κ1) is 12.1. The van der Waals surface area contributed by atoms with Gasteiger partial charge in [0.15, 0.2) is 0 Å². The topological polar surface area (TPSA) is 58.7 Å². The van der Waals surface area contributed by atoms with E-state index in [1.165, 1.54) is 19.3 Å². The summed E-state index contributed by atoms with van der Waals surface area (Å²) in [5.74, 6) is 0.919. The minimum absolute atomic E-state index is 0.213. The van der Waals surface area contributed by atoms with E-state index in [9.17, 15) is 4.79 Å². The van der Waals surface area contributed by atoms with Gasteiger partial charge < -0.3 is 10.6 Å². The molecule has 1 atom stereocenters. The Kier molecular flexibility index (Phi) is 3.22. The minimum Gasteiger partial charge on any atom is -0.385 e. The van der Waals surface area contributed by atoms with Crippen LogP contribution in [-0.4, -0.2) is 28.9 Å². The Morgan fingerprint density at radius 2 is 2.18 bits per heavy atom. The summed E-state index contributed by atoms with van der Waals surface area (Å²) in [5.41, 5.74) is 5.61. The highest BCUT2D eigenvalue weighted by molar-refractivity contribution is 6.05. The molecular formula is C13H21N3O. The monoisotopic (exact) mass is 235 g/mol. The lowest BCUT2D eigenvalue weighted by molar-refractivity contribution is 0.129. The molecule has 0 saturated heterocycles. The highest BCUT2D eigenvalue weighted by atomic mass is 16.2. The van der Waals surface area contributed by atoms with E-state index in [0.29, 0.717) is 18.3 Å². The zero-order chi connectivity index (χ0) is 12.5. The van der Waals surface area contributed by atoms with E-state index in [2.05, 4.69) is 18.5 Å². The maximum absolute atomic E-state index is 11.8. The zero-order valence-corrected chi connectivity index (χ0v) is 10.5. The Labute approximate surface area is 103 Å². The Balaban J connectivity index is 2.27. The SMILES string of the molecule is C=CCN1C(=O)N=C(N)C1(C)C1CCCCC1. The fraction of sp³-hybridized carbons (Fsp3) is 0.692. The summed E-state index contributed by atoms with van der Waals surface area (Å²) < 4.78 is 0. The molecule has 0 aromatic heterocycles. The summed E-state index contributed by atoms with van der Waals surface area (Å²) in [5, 5.41) is 0. The molecule has 0 radical (unpaired) electrons. The first-order valence-electron chi connectivity index (χ1n) is 6.38. The van der Waals surface area contributed by atoms with Crippen LogP contribution in [-0.2, 0) is 0 Å². The molecule has 1 aliphatic carbocycles. The summed E-state index contributed by atoms with van der Waals surface area (Å²) in [6, 6.07) is -0.213. The smallest absolute Gasteiger partial charge is 0.346 e. The molecule has 0 aromatic carbocycles. The third kappa shape index (κ3) is 1.85. The van der Waals surface area contributed by atoms with Crippen LogP contribution in [0.2, 0.25) is 0 Å². The highest BCUT2D eigenvalue weighted by Gasteiger charge is 2.49. The van der Waals surface area contributed by atoms with Crippen LogP contribution in [0.1, 0.15) is 39.0 Å². The summed E-state index contributed by atoms with van der Waals surface area (Å²) in [6.45, 7) is 6.28. The van der Waals surface area contributed by atoms with Gasteiger partial charge in [0.1, 0.15) is 11.4 Å². The molecule has 4 nitrogen and oxygen atoms in total. The van der Waals surface area contributed by atoms with Crippen LogP contribution >= 0.6 is 0 Å². The predicted octanol–water partition coefficient (Wildman–Crippen LogP) is 2.30. The van der Waals surface area contributed by atoms with Crippen molar-refractivity contribution in [2.75, 3.05) is 6.54 Å². The largest absolute Gasteiger partial charge is 0.385 e. The van der Waals surface area contributed by atoms with Crippen LogP contribution in [0.5, 0.6) is 0 Å². The van der Waals surface area contributed by atoms with Gasteiger partial charge in [0.25, 0.3) is 0 Å². The van der Waals surface area contributed by atoms with Gasteiger partial charge in [-0.15, -0.1) is 6.58 Å². The Morgan fingerprint density at radius 3 is 2.76 bits per heavy atom. The van der Waals surface area contributed by atoms with Gasteiger partial charge in [0, 0.05) is 6.54 Å². The zero-order valence-electron chi connectivity index (χ0n) is 10.5. The molecule has 17 heavy (non-hydrogen) atoms. The van der Waals surface area contributed by atoms with Crippen molar-refractivity contribution in [3.05, 3.63) is 12.7 Å². The quantitative estimate of drug-likeness (QED) is 0.763. The number of urea groups is 1. The summed E-state index contributed by atoms with van der Waals surface area (Å²) in [6.07, 6.45) is 7.75. The van der Waals surface area contributed by atoms with Crippen molar-refractivity contribution in [1.82, 2.24) is 4.90 Å². The third-order valence-electron chi connectivity index (χ3n) is 4.24. The first-order valence-corrected chi connectivity index (χ1v) is 6.38. The molecule has 2 N–H and O–H groups in total. The van der Waals surface area contributed by atoms with Crippen LogP contribution in [0.3, 0.4) is 0 Å². The van der Waals surface area contributed by atoms with Gasteiger partial charge >= 0.3 is 6.03 Å². The Bertz CT molecular complexity index is 358. The van der Waals surface area contributed by atoms with Crippen molar-refractivity contribution in [3.63, 3.8) is 0 Å². The number of nitrogens with zero attached hydrogens (tertiary/aromatic N) is 2. The molecule has 94 valence electrons. The average molecular weight is 235 g/mol. The van der Waals surface area contributed by atoms with E-state index >= 15 is 0 Å². The van der Waals surface area contributed by atoms with E-state index in [4.69, 9.17) is 5.73 Å². The number of hydrogen-bond acceptors (Lipinski definition) is 2. The third-order valence-corrected chi connectivity index (χ3v) is 4.24. The van der Waals surface area contributed by atoms with Crippen LogP contribution in [0, 0.1) is 5.92 Å². The number of rotatable bonds is 3. The molecule has 1 saturated carbocycles. The maximum Gasteiger partial charge on any atom is 0.346 e. The molecule has 2 aliphatic rings. The highest BCUT2D eigenvalue weighted by Crippen LogP contribution is 2.39. The molecule has 0 bridgehead atoms. The number of amidine groups is 1. The number of amides is 2. The van der Waals surface area contributed by atoms with Crippen molar-refractivity contribution in [2.45, 2.75) is 44.6 Å². The number of carbonyl (C=O) groups is 1. The molecular weight excluding hydrogens is 214 g/mol. The normalized spacial score (nSPS) is 30.5. The van der Waals surface area contributed by atoms with Gasteiger partial charge in [-0.05, 0) is 25.7 Å². The molecule has 0 aromatic rings. The van der Waals surface area contributed by atoms with Crippen LogP contribution < -0.4 is 5.73 Å². The van der Waals surface area contributed by atoms with Gasteiger partial charge in [-0.25, -0.2) is 4.79 Å². The summed E-state index contributed by atoms with van der Waals surface area (Å²) in [4.78, 5) is 17.6. The fourth-order valence-corrected chi connectivity index (χ4v) is 3.10. The summed E-state index contributed by atoms with van der Waals surface area (Å²) >= 11 is 0. The van der Waals surface area contributed by atoms with Gasteiger partial charge in [0.2, 0.25) is 0 Å². The van der Waals surface area contributed by atoms with Crippen molar-refractivity contribution in [3.8, 4) is 0 Å². The maximum atomic E-state index is 11.8. The predicted molar refractivity (Wildman–Crippen MR) is 68.9 cm³/mol. The van der Waals surface area contributed by atoms with Gasteiger partial charge in [-0.3, -0.25) is 0 Å². The second-order valence-electron chi connectivity index (χ2n) is 5.16. The van der Waals surface area contributed by atoms with Crippen molar-refractivity contribution >= 4 is 11.9 Å². The van der Waals surface area contributed by atoms with Gasteiger partial charge in [0.05, 0.1) is 0 Å². The van der Waals surface area contributed by atoms with Gasteiger partial charge in [-0.1, -0.05) is 25.3 Å². The molecule has 2 rings (SSSR count). The molecule has 1 unspecified atom stereocenters. The molecule has 2 amide bonds. The second kappa shape index (κ2) is 4.51. The first-order chi connectivity index (χ1) is 8.10. The molecule has 1 fully saturated rings. The van der Waals surface area contributed by atoms with E-state index < -0.39 is 5.54 Å². The molecule has 0 spiro atoms. The fourth-order valence-electron chi connectivity index (χ4n) is 3.10. The Hall–Kier alpha value is -1.32. The molecule has 1 aliphatic heterocycles. The van der Waals surface area contributed by atoms with Crippen molar-refractivity contribution in [2.24, 2.45) is 16.6 Å². The molecule has 1 heterocycles. The average Bonchev–Trinajstić information content (AvgIpc) is 2.55.